The van der Waals surface area contributed by atoms with Gasteiger partial charge < -0.3 is 0 Å². The van der Waals surface area contributed by atoms with Crippen LogP contribution in [0.5, 0.6) is 0 Å². The lowest BCUT2D eigenvalue weighted by molar-refractivity contribution is 0.0949. The van der Waals surface area contributed by atoms with Crippen molar-refractivity contribution in [2.45, 2.75) is 6.92 Å². The summed E-state index contributed by atoms with van der Waals surface area (Å²) in [5, 5.41) is 5.51. The summed E-state index contributed by atoms with van der Waals surface area (Å²) in [6.07, 6.45) is 0. The third-order valence-electron chi connectivity index (χ3n) is 3.05. The third-order valence-corrected chi connectivity index (χ3v) is 4.38. The largest absolute Gasteiger partial charge is 0.283 e. The Morgan fingerprint density at radius 1 is 1.32 bits per heavy atom. The summed E-state index contributed by atoms with van der Waals surface area (Å²) in [4.78, 5) is 13.6. The average molecular weight is 348 g/mol. The number of aryl methyl sites for hydroxylation is 1. The highest BCUT2D eigenvalue weighted by atomic mass is 32.1. The molecule has 0 fully saturated rings. The Labute approximate surface area is 141 Å². The van der Waals surface area contributed by atoms with Crippen molar-refractivity contribution in [2.24, 2.45) is 0 Å². The molecular weight excluding hydrogens is 336 g/mol. The van der Waals surface area contributed by atoms with Gasteiger partial charge in [0.2, 0.25) is 0 Å². The van der Waals surface area contributed by atoms with Crippen LogP contribution >= 0.6 is 36.2 Å². The molecule has 22 heavy (non-hydrogen) atoms. The van der Waals surface area contributed by atoms with Gasteiger partial charge in [-0.1, -0.05) is 30.4 Å². The number of hydrogen-bond donors (Lipinski definition) is 3. The predicted octanol–water partition coefficient (Wildman–Crippen LogP) is 2.84. The molecule has 0 saturated carbocycles. The fraction of sp³-hybridized carbons (Fsp3) is 0.0714. The van der Waals surface area contributed by atoms with Crippen molar-refractivity contribution in [1.29, 1.82) is 0 Å². The Morgan fingerprint density at radius 3 is 2.73 bits per heavy atom. The number of benzene rings is 1. The Balaban J connectivity index is 2.00. The lowest BCUT2D eigenvalue weighted by Gasteiger charge is -2.04. The molecule has 2 heterocycles. The molecule has 112 valence electrons. The minimum Gasteiger partial charge on any atom is -0.283 e. The number of hydrogen-bond acceptors (Lipinski definition) is 4. The number of nitrogens with zero attached hydrogens (tertiary/aromatic N) is 2. The predicted molar refractivity (Wildman–Crippen MR) is 95.9 cm³/mol. The second kappa shape index (κ2) is 6.07. The maximum atomic E-state index is 12.1. The first-order valence-corrected chi connectivity index (χ1v) is 8.07. The van der Waals surface area contributed by atoms with E-state index in [9.17, 15) is 4.79 Å². The molecule has 0 aliphatic carbocycles. The Hall–Kier alpha value is -1.90. The molecule has 8 heteroatoms. The number of nitrogens with one attached hydrogen (secondary N) is 2. The van der Waals surface area contributed by atoms with Gasteiger partial charge in [-0.05, 0) is 25.1 Å². The van der Waals surface area contributed by atoms with Crippen molar-refractivity contribution >= 4 is 56.6 Å². The summed E-state index contributed by atoms with van der Waals surface area (Å²) in [7, 11) is 0. The maximum Gasteiger partial charge on any atom is 0.279 e. The molecule has 0 bridgehead atoms. The minimum atomic E-state index is -0.253. The van der Waals surface area contributed by atoms with Crippen LogP contribution in [0.15, 0.2) is 36.4 Å². The van der Waals surface area contributed by atoms with Crippen LogP contribution in [0.2, 0.25) is 0 Å². The Morgan fingerprint density at radius 2 is 2.05 bits per heavy atom. The van der Waals surface area contributed by atoms with Crippen LogP contribution in [-0.4, -0.2) is 20.0 Å². The first-order valence-electron chi connectivity index (χ1n) is 6.40. The van der Waals surface area contributed by atoms with E-state index in [0.717, 1.165) is 21.6 Å². The molecule has 0 unspecified atom stereocenters. The molecule has 2 aromatic heterocycles. The molecule has 5 nitrogen and oxygen atoms in total. The fourth-order valence-corrected chi connectivity index (χ4v) is 3.26. The van der Waals surface area contributed by atoms with Crippen LogP contribution < -0.4 is 10.9 Å². The van der Waals surface area contributed by atoms with Gasteiger partial charge in [0, 0.05) is 5.39 Å². The van der Waals surface area contributed by atoms with Crippen LogP contribution in [0.1, 0.15) is 15.4 Å². The van der Waals surface area contributed by atoms with E-state index in [2.05, 4.69) is 28.6 Å². The molecular formula is C14H12N4OS3. The zero-order chi connectivity index (χ0) is 15.7. The van der Waals surface area contributed by atoms with Crippen molar-refractivity contribution in [2.75, 3.05) is 0 Å². The van der Waals surface area contributed by atoms with Gasteiger partial charge in [-0.2, -0.15) is 5.10 Å². The van der Waals surface area contributed by atoms with Gasteiger partial charge in [0.05, 0.1) is 16.3 Å². The maximum absolute atomic E-state index is 12.1. The molecule has 0 spiro atoms. The summed E-state index contributed by atoms with van der Waals surface area (Å²) in [5.74, 6) is -0.253. The van der Waals surface area contributed by atoms with Crippen molar-refractivity contribution in [3.63, 3.8) is 0 Å². The summed E-state index contributed by atoms with van der Waals surface area (Å²) in [6, 6.07) is 11.7. The number of carbonyl (C=O) groups excluding carboxylic acids is 1. The third kappa shape index (κ3) is 2.85. The van der Waals surface area contributed by atoms with Crippen LogP contribution in [-0.2, 0) is 0 Å². The highest BCUT2D eigenvalue weighted by molar-refractivity contribution is 8.11. The van der Waals surface area contributed by atoms with Crippen molar-refractivity contribution in [3.05, 3.63) is 47.0 Å². The molecule has 0 aliphatic heterocycles. The summed E-state index contributed by atoms with van der Waals surface area (Å²) in [5.41, 5.74) is 6.87. The number of amides is 1. The molecule has 1 amide bonds. The van der Waals surface area contributed by atoms with Crippen molar-refractivity contribution in [1.82, 2.24) is 20.6 Å². The van der Waals surface area contributed by atoms with Crippen LogP contribution in [0.25, 0.3) is 15.9 Å². The van der Waals surface area contributed by atoms with E-state index in [-0.39, 0.29) is 10.2 Å². The van der Waals surface area contributed by atoms with Crippen LogP contribution in [0.4, 0.5) is 0 Å². The van der Waals surface area contributed by atoms with E-state index in [1.54, 1.807) is 0 Å². The second-order valence-corrected chi connectivity index (χ2v) is 6.74. The molecule has 3 rings (SSSR count). The number of para-hydroxylation sites is 1. The van der Waals surface area contributed by atoms with E-state index < -0.39 is 0 Å². The number of thiophene rings is 1. The molecule has 2 N–H and O–H groups in total. The lowest BCUT2D eigenvalue weighted by atomic mass is 10.3. The molecule has 3 aromatic rings. The zero-order valence-electron chi connectivity index (χ0n) is 11.5. The SMILES string of the molecule is Cc1nn(-c2ccccc2)c2sc(C(=O)NNC(=S)S)cc12. The second-order valence-electron chi connectivity index (χ2n) is 4.55. The summed E-state index contributed by atoms with van der Waals surface area (Å²) >= 11 is 10.0. The quantitative estimate of drug-likeness (QED) is 0.379. The number of rotatable bonds is 2. The van der Waals surface area contributed by atoms with E-state index in [0.29, 0.717) is 4.88 Å². The Kier molecular flexibility index (Phi) is 4.14. The lowest BCUT2D eigenvalue weighted by Crippen LogP contribution is -2.38. The number of hydrazine groups is 1. The molecule has 0 aliphatic rings. The molecule has 0 radical (unpaired) electrons. The minimum absolute atomic E-state index is 0.209. The average Bonchev–Trinajstić information content (AvgIpc) is 3.07. The number of carbonyl (C=O) groups is 1. The smallest absolute Gasteiger partial charge is 0.279 e. The van der Waals surface area contributed by atoms with Crippen LogP contribution in [0.3, 0.4) is 0 Å². The van der Waals surface area contributed by atoms with Gasteiger partial charge in [0.1, 0.15) is 9.15 Å². The number of aromatic nitrogens is 2. The number of thiocarbonyl (C=S) groups is 1. The molecule has 1 aromatic carbocycles. The van der Waals surface area contributed by atoms with Gasteiger partial charge in [-0.3, -0.25) is 15.6 Å². The van der Waals surface area contributed by atoms with E-state index >= 15 is 0 Å². The monoisotopic (exact) mass is 348 g/mol. The Bertz CT molecular complexity index is 854. The topological polar surface area (TPSA) is 59.0 Å². The van der Waals surface area contributed by atoms with Gasteiger partial charge >= 0.3 is 0 Å². The summed E-state index contributed by atoms with van der Waals surface area (Å²) in [6.45, 7) is 1.93. The van der Waals surface area contributed by atoms with Gasteiger partial charge in [-0.25, -0.2) is 4.68 Å². The van der Waals surface area contributed by atoms with E-state index in [1.165, 1.54) is 11.3 Å². The van der Waals surface area contributed by atoms with Crippen molar-refractivity contribution in [3.8, 4) is 5.69 Å². The number of thiol groups is 1. The normalized spacial score (nSPS) is 10.6. The first kappa shape index (κ1) is 15.0. The van der Waals surface area contributed by atoms with Crippen LogP contribution in [0, 0.1) is 6.92 Å². The van der Waals surface area contributed by atoms with Gasteiger partial charge in [0.25, 0.3) is 5.91 Å². The zero-order valence-corrected chi connectivity index (χ0v) is 14.1. The van der Waals surface area contributed by atoms with Gasteiger partial charge in [0.15, 0.2) is 0 Å². The number of fused-ring (bicyclic) bond motifs is 1. The van der Waals surface area contributed by atoms with Gasteiger partial charge in [-0.15, -0.1) is 24.0 Å². The highest BCUT2D eigenvalue weighted by Gasteiger charge is 2.17. The standard InChI is InChI=1S/C14H12N4OS3/c1-8-10-7-11(12(19)15-16-14(20)21)22-13(10)18(17-8)9-5-3-2-4-6-9/h2-7H,1H3,(H,15,19)(H2,16,20,21). The van der Waals surface area contributed by atoms with Crippen molar-refractivity contribution < 1.29 is 4.79 Å². The fourth-order valence-electron chi connectivity index (χ4n) is 2.08. The van der Waals surface area contributed by atoms with E-state index in [4.69, 9.17) is 12.2 Å². The highest BCUT2D eigenvalue weighted by Crippen LogP contribution is 2.30. The molecule has 0 saturated heterocycles. The van der Waals surface area contributed by atoms with E-state index in [1.807, 2.05) is 48.0 Å². The molecule has 0 atom stereocenters. The summed E-state index contributed by atoms with van der Waals surface area (Å²) < 4.78 is 2.06. The first-order chi connectivity index (χ1) is 10.6.